The maximum atomic E-state index is 14.0. The first kappa shape index (κ1) is 24.8. The number of aromatic nitrogens is 1. The van der Waals surface area contributed by atoms with Crippen molar-refractivity contribution in [1.29, 1.82) is 0 Å². The van der Waals surface area contributed by atoms with Crippen LogP contribution in [0.5, 0.6) is 0 Å². The highest BCUT2D eigenvalue weighted by Crippen LogP contribution is 2.30. The molecule has 0 N–H and O–H groups in total. The van der Waals surface area contributed by atoms with Crippen LogP contribution in [0, 0.1) is 25.6 Å². The van der Waals surface area contributed by atoms with E-state index in [0.29, 0.717) is 18.4 Å². The second-order valence-corrected chi connectivity index (χ2v) is 10.6. The molecule has 9 heteroatoms. The van der Waals surface area contributed by atoms with E-state index in [2.05, 4.69) is 5.16 Å². The van der Waals surface area contributed by atoms with Gasteiger partial charge in [-0.2, -0.15) is 4.31 Å². The van der Waals surface area contributed by atoms with Crippen LogP contribution in [0.3, 0.4) is 0 Å². The Morgan fingerprint density at radius 3 is 2.40 bits per heavy atom. The number of piperidine rings is 1. The Balaban J connectivity index is 1.47. The van der Waals surface area contributed by atoms with Crippen LogP contribution >= 0.6 is 0 Å². The Labute approximate surface area is 204 Å². The molecular formula is C26H28FN3O4S. The van der Waals surface area contributed by atoms with Crippen LogP contribution in [-0.4, -0.2) is 43.9 Å². The molecule has 0 bridgehead atoms. The maximum absolute atomic E-state index is 14.0. The van der Waals surface area contributed by atoms with E-state index in [1.54, 1.807) is 37.1 Å². The van der Waals surface area contributed by atoms with E-state index < -0.39 is 15.8 Å². The standard InChI is InChI=1S/C26H28FN3O4S/c1-18-8-11-22(12-9-18)29(3)26(31)21-14-16-30(17-15-21)35(32,33)25-19(2)28-34-24(25)13-10-20-6-4-5-7-23(20)27/h4-13,21H,14-17H2,1-3H3/b13-10+. The molecule has 1 saturated heterocycles. The number of amides is 1. The minimum absolute atomic E-state index is 0.0273. The summed E-state index contributed by atoms with van der Waals surface area (Å²) in [5, 5.41) is 3.83. The molecular weight excluding hydrogens is 469 g/mol. The normalized spacial score (nSPS) is 15.5. The molecule has 4 rings (SSSR count). The first-order chi connectivity index (χ1) is 16.7. The van der Waals surface area contributed by atoms with Crippen molar-refractivity contribution in [2.75, 3.05) is 25.0 Å². The van der Waals surface area contributed by atoms with Gasteiger partial charge in [-0.15, -0.1) is 0 Å². The van der Waals surface area contributed by atoms with Gasteiger partial charge in [-0.3, -0.25) is 4.79 Å². The summed E-state index contributed by atoms with van der Waals surface area (Å²) in [6.45, 7) is 3.97. The molecule has 0 spiro atoms. The first-order valence-electron chi connectivity index (χ1n) is 11.4. The molecule has 0 atom stereocenters. The zero-order chi connectivity index (χ0) is 25.2. The van der Waals surface area contributed by atoms with Gasteiger partial charge in [0.1, 0.15) is 11.5 Å². The highest BCUT2D eigenvalue weighted by molar-refractivity contribution is 7.89. The monoisotopic (exact) mass is 497 g/mol. The Morgan fingerprint density at radius 1 is 1.09 bits per heavy atom. The van der Waals surface area contributed by atoms with E-state index in [9.17, 15) is 17.6 Å². The van der Waals surface area contributed by atoms with Gasteiger partial charge < -0.3 is 9.42 Å². The van der Waals surface area contributed by atoms with E-state index in [1.165, 1.54) is 22.5 Å². The minimum Gasteiger partial charge on any atom is -0.355 e. The van der Waals surface area contributed by atoms with Crippen molar-refractivity contribution in [2.45, 2.75) is 31.6 Å². The SMILES string of the molecule is Cc1ccc(N(C)C(=O)C2CCN(S(=O)(=O)c3c(C)noc3/C=C/c3ccccc3F)CC2)cc1. The van der Waals surface area contributed by atoms with Crippen molar-refractivity contribution in [1.82, 2.24) is 9.46 Å². The summed E-state index contributed by atoms with van der Waals surface area (Å²) in [4.78, 5) is 14.6. The Kier molecular flexibility index (Phi) is 7.18. The number of nitrogens with zero attached hydrogens (tertiary/aromatic N) is 3. The van der Waals surface area contributed by atoms with Crippen molar-refractivity contribution >= 4 is 33.8 Å². The molecule has 7 nitrogen and oxygen atoms in total. The second kappa shape index (κ2) is 10.1. The van der Waals surface area contributed by atoms with Crippen LogP contribution in [0.15, 0.2) is 57.9 Å². The fourth-order valence-corrected chi connectivity index (χ4v) is 5.94. The molecule has 0 aliphatic carbocycles. The predicted octanol–water partition coefficient (Wildman–Crippen LogP) is 4.66. The highest BCUT2D eigenvalue weighted by atomic mass is 32.2. The Hall–Kier alpha value is -3.30. The first-order valence-corrected chi connectivity index (χ1v) is 12.9. The van der Waals surface area contributed by atoms with Gasteiger partial charge in [0.2, 0.25) is 15.9 Å². The van der Waals surface area contributed by atoms with Gasteiger partial charge in [0.25, 0.3) is 0 Å². The fraction of sp³-hybridized carbons (Fsp3) is 0.308. The topological polar surface area (TPSA) is 83.7 Å². The lowest BCUT2D eigenvalue weighted by Gasteiger charge is -2.32. The smallest absolute Gasteiger partial charge is 0.248 e. The van der Waals surface area contributed by atoms with Crippen molar-refractivity contribution in [3.8, 4) is 0 Å². The lowest BCUT2D eigenvalue weighted by atomic mass is 9.96. The summed E-state index contributed by atoms with van der Waals surface area (Å²) in [6.07, 6.45) is 3.70. The summed E-state index contributed by atoms with van der Waals surface area (Å²) < 4.78 is 47.5. The van der Waals surface area contributed by atoms with Crippen LogP contribution in [0.2, 0.25) is 0 Å². The summed E-state index contributed by atoms with van der Waals surface area (Å²) in [6, 6.07) is 13.9. The van der Waals surface area contributed by atoms with E-state index in [4.69, 9.17) is 4.52 Å². The Morgan fingerprint density at radius 2 is 1.74 bits per heavy atom. The van der Waals surface area contributed by atoms with Crippen LogP contribution in [0.4, 0.5) is 10.1 Å². The fourth-order valence-electron chi connectivity index (χ4n) is 4.22. The van der Waals surface area contributed by atoms with Crippen molar-refractivity contribution in [3.63, 3.8) is 0 Å². The molecule has 1 fully saturated rings. The van der Waals surface area contributed by atoms with E-state index >= 15 is 0 Å². The molecule has 184 valence electrons. The molecule has 0 unspecified atom stereocenters. The lowest BCUT2D eigenvalue weighted by Crippen LogP contribution is -2.43. The van der Waals surface area contributed by atoms with Crippen molar-refractivity contribution in [2.24, 2.45) is 5.92 Å². The summed E-state index contributed by atoms with van der Waals surface area (Å²) in [5.74, 6) is -0.674. The number of hydrogen-bond acceptors (Lipinski definition) is 5. The zero-order valence-corrected chi connectivity index (χ0v) is 20.8. The molecule has 0 saturated carbocycles. The molecule has 1 amide bonds. The number of aryl methyl sites for hydroxylation is 2. The molecule has 1 aromatic heterocycles. The van der Waals surface area contributed by atoms with E-state index in [-0.39, 0.29) is 41.3 Å². The molecule has 1 aliphatic rings. The molecule has 1 aliphatic heterocycles. The molecule has 2 heterocycles. The maximum Gasteiger partial charge on any atom is 0.248 e. The van der Waals surface area contributed by atoms with Crippen LogP contribution in [0.1, 0.15) is 35.4 Å². The second-order valence-electron chi connectivity index (χ2n) is 8.73. The number of carbonyl (C=O) groups is 1. The van der Waals surface area contributed by atoms with Gasteiger partial charge in [0.05, 0.1) is 0 Å². The predicted molar refractivity (Wildman–Crippen MR) is 133 cm³/mol. The zero-order valence-electron chi connectivity index (χ0n) is 19.9. The third kappa shape index (κ3) is 5.21. The van der Waals surface area contributed by atoms with Crippen molar-refractivity contribution in [3.05, 3.63) is 76.9 Å². The van der Waals surface area contributed by atoms with Gasteiger partial charge in [-0.25, -0.2) is 12.8 Å². The van der Waals surface area contributed by atoms with Crippen LogP contribution < -0.4 is 4.90 Å². The number of carbonyl (C=O) groups excluding carboxylic acids is 1. The van der Waals surface area contributed by atoms with Gasteiger partial charge in [-0.1, -0.05) is 41.1 Å². The van der Waals surface area contributed by atoms with Gasteiger partial charge in [-0.05, 0) is 57.0 Å². The third-order valence-electron chi connectivity index (χ3n) is 6.31. The van der Waals surface area contributed by atoms with Crippen LogP contribution in [0.25, 0.3) is 12.2 Å². The average molecular weight is 498 g/mol. The molecule has 35 heavy (non-hydrogen) atoms. The van der Waals surface area contributed by atoms with Crippen molar-refractivity contribution < 1.29 is 22.1 Å². The van der Waals surface area contributed by atoms with Gasteiger partial charge in [0, 0.05) is 37.3 Å². The third-order valence-corrected chi connectivity index (χ3v) is 8.36. The largest absolute Gasteiger partial charge is 0.355 e. The number of rotatable bonds is 6. The number of sulfonamides is 1. The van der Waals surface area contributed by atoms with E-state index in [0.717, 1.165) is 11.3 Å². The minimum atomic E-state index is -3.91. The number of anilines is 1. The number of benzene rings is 2. The molecule has 2 aromatic carbocycles. The average Bonchev–Trinajstić information content (AvgIpc) is 3.24. The summed E-state index contributed by atoms with van der Waals surface area (Å²) in [7, 11) is -2.17. The molecule has 3 aromatic rings. The molecule has 0 radical (unpaired) electrons. The van der Waals surface area contributed by atoms with Gasteiger partial charge in [0.15, 0.2) is 10.7 Å². The number of hydrogen-bond donors (Lipinski definition) is 0. The van der Waals surface area contributed by atoms with Gasteiger partial charge >= 0.3 is 0 Å². The van der Waals surface area contributed by atoms with Crippen LogP contribution in [-0.2, 0) is 14.8 Å². The quantitative estimate of drug-likeness (QED) is 0.494. The summed E-state index contributed by atoms with van der Waals surface area (Å²) in [5.41, 5.74) is 2.46. The number of halogens is 1. The summed E-state index contributed by atoms with van der Waals surface area (Å²) >= 11 is 0. The lowest BCUT2D eigenvalue weighted by molar-refractivity contribution is -0.123. The van der Waals surface area contributed by atoms with E-state index in [1.807, 2.05) is 31.2 Å². The Bertz CT molecular complexity index is 1340. The highest BCUT2D eigenvalue weighted by Gasteiger charge is 2.36.